The predicted molar refractivity (Wildman–Crippen MR) is 130 cm³/mol. The Morgan fingerprint density at radius 1 is 1.03 bits per heavy atom. The first-order chi connectivity index (χ1) is 16.7. The van der Waals surface area contributed by atoms with Crippen LogP contribution in [0.25, 0.3) is 0 Å². The van der Waals surface area contributed by atoms with Crippen molar-refractivity contribution in [3.8, 4) is 5.75 Å². The summed E-state index contributed by atoms with van der Waals surface area (Å²) in [6, 6.07) is 10.9. The van der Waals surface area contributed by atoms with Crippen molar-refractivity contribution in [2.75, 3.05) is 19.7 Å². The van der Waals surface area contributed by atoms with E-state index in [-0.39, 0.29) is 12.0 Å². The number of aryl methyl sites for hydroxylation is 1. The van der Waals surface area contributed by atoms with Crippen molar-refractivity contribution in [2.24, 2.45) is 17.8 Å². The van der Waals surface area contributed by atoms with Gasteiger partial charge in [0.1, 0.15) is 5.75 Å². The zero-order chi connectivity index (χ0) is 24.7. The summed E-state index contributed by atoms with van der Waals surface area (Å²) < 4.78 is 46.6. The van der Waals surface area contributed by atoms with Crippen LogP contribution in [-0.4, -0.2) is 35.8 Å². The molecule has 2 aromatic carbocycles. The average Bonchev–Trinajstić information content (AvgIpc) is 3.63. The Morgan fingerprint density at radius 2 is 1.77 bits per heavy atom. The number of likely N-dealkylation sites (tertiary alicyclic amines) is 1. The SMILES string of the molecule is Cc1ccc(C(F)(F)F)c(CN2CCC(C3COc4ccc([C@H](C5CC5)[C@H](C)O)cc4C3)CC2)c1. The minimum Gasteiger partial charge on any atom is -0.493 e. The second-order valence-corrected chi connectivity index (χ2v) is 11.0. The number of fused-ring (bicyclic) bond motifs is 1. The molecule has 6 heteroatoms. The predicted octanol–water partition coefficient (Wildman–Crippen LogP) is 6.35. The van der Waals surface area contributed by atoms with E-state index < -0.39 is 11.7 Å². The number of aliphatic hydroxyl groups is 1. The minimum absolute atomic E-state index is 0.201. The summed E-state index contributed by atoms with van der Waals surface area (Å²) in [5.41, 5.74) is 3.18. The van der Waals surface area contributed by atoms with Crippen LogP contribution in [0.2, 0.25) is 0 Å². The van der Waals surface area contributed by atoms with Crippen molar-refractivity contribution in [3.05, 3.63) is 64.2 Å². The van der Waals surface area contributed by atoms with Crippen LogP contribution in [0, 0.1) is 24.7 Å². The molecule has 1 saturated carbocycles. The van der Waals surface area contributed by atoms with E-state index in [1.54, 1.807) is 12.1 Å². The lowest BCUT2D eigenvalue weighted by Crippen LogP contribution is -2.39. The number of piperidine rings is 1. The Balaban J connectivity index is 1.22. The molecule has 0 bridgehead atoms. The van der Waals surface area contributed by atoms with Crippen LogP contribution in [0.4, 0.5) is 13.2 Å². The number of halogens is 3. The van der Waals surface area contributed by atoms with Crippen LogP contribution < -0.4 is 4.74 Å². The molecule has 1 aliphatic carbocycles. The van der Waals surface area contributed by atoms with Gasteiger partial charge in [-0.1, -0.05) is 29.8 Å². The van der Waals surface area contributed by atoms with Crippen molar-refractivity contribution in [2.45, 2.75) is 70.7 Å². The summed E-state index contributed by atoms with van der Waals surface area (Å²) in [5.74, 6) is 2.69. The molecule has 0 amide bonds. The van der Waals surface area contributed by atoms with Crippen LogP contribution in [-0.2, 0) is 19.1 Å². The van der Waals surface area contributed by atoms with Crippen molar-refractivity contribution < 1.29 is 23.0 Å². The van der Waals surface area contributed by atoms with E-state index in [9.17, 15) is 18.3 Å². The summed E-state index contributed by atoms with van der Waals surface area (Å²) in [6.45, 7) is 6.41. The fraction of sp³-hybridized carbons (Fsp3) is 0.586. The second kappa shape index (κ2) is 9.78. The van der Waals surface area contributed by atoms with E-state index in [1.165, 1.54) is 30.0 Å². The van der Waals surface area contributed by atoms with Gasteiger partial charge < -0.3 is 9.84 Å². The van der Waals surface area contributed by atoms with Gasteiger partial charge in [0.2, 0.25) is 0 Å². The first kappa shape index (κ1) is 24.6. The maximum absolute atomic E-state index is 13.5. The molecule has 1 unspecified atom stereocenters. The summed E-state index contributed by atoms with van der Waals surface area (Å²) >= 11 is 0. The van der Waals surface area contributed by atoms with Gasteiger partial charge in [-0.05, 0) is 99.7 Å². The maximum atomic E-state index is 13.5. The molecule has 1 N–H and O–H groups in total. The van der Waals surface area contributed by atoms with Crippen molar-refractivity contribution >= 4 is 0 Å². The van der Waals surface area contributed by atoms with Gasteiger partial charge in [-0.15, -0.1) is 0 Å². The quantitative estimate of drug-likeness (QED) is 0.515. The van der Waals surface area contributed by atoms with Gasteiger partial charge in [-0.25, -0.2) is 0 Å². The smallest absolute Gasteiger partial charge is 0.416 e. The van der Waals surface area contributed by atoms with Crippen LogP contribution in [0.5, 0.6) is 5.75 Å². The molecule has 190 valence electrons. The highest BCUT2D eigenvalue weighted by Crippen LogP contribution is 2.46. The van der Waals surface area contributed by atoms with E-state index in [4.69, 9.17) is 4.74 Å². The Morgan fingerprint density at radius 3 is 2.43 bits per heavy atom. The summed E-state index contributed by atoms with van der Waals surface area (Å²) in [7, 11) is 0. The van der Waals surface area contributed by atoms with E-state index in [0.717, 1.165) is 43.7 Å². The lowest BCUT2D eigenvalue weighted by Gasteiger charge is -2.38. The van der Waals surface area contributed by atoms with Crippen LogP contribution in [0.3, 0.4) is 0 Å². The number of hydrogen-bond acceptors (Lipinski definition) is 3. The Labute approximate surface area is 206 Å². The molecule has 0 spiro atoms. The third kappa shape index (κ3) is 5.54. The topological polar surface area (TPSA) is 32.7 Å². The Kier molecular flexibility index (Phi) is 6.88. The minimum atomic E-state index is -4.32. The van der Waals surface area contributed by atoms with E-state index in [2.05, 4.69) is 23.1 Å². The standard InChI is InChI=1S/C29H36F3NO2/c1-18-3-7-26(29(30,31)32)24(13-18)16-33-11-9-20(10-12-33)25-15-23-14-22(6-8-27(23)35-17-25)28(19(2)34)21-4-5-21/h3,6-8,13-14,19-21,25,28,34H,4-5,9-12,15-17H2,1-2H3/t19-,25?,28-/m0/s1. The summed E-state index contributed by atoms with van der Waals surface area (Å²) in [5, 5.41) is 10.3. The van der Waals surface area contributed by atoms with Gasteiger partial charge in [0.25, 0.3) is 0 Å². The van der Waals surface area contributed by atoms with E-state index in [1.807, 2.05) is 13.8 Å². The van der Waals surface area contributed by atoms with Gasteiger partial charge in [-0.2, -0.15) is 13.2 Å². The molecule has 5 rings (SSSR count). The highest BCUT2D eigenvalue weighted by Gasteiger charge is 2.37. The molecular formula is C29H36F3NO2. The third-order valence-electron chi connectivity index (χ3n) is 8.31. The first-order valence-electron chi connectivity index (χ1n) is 13.0. The number of nitrogens with zero attached hydrogens (tertiary/aromatic N) is 1. The molecule has 2 heterocycles. The zero-order valence-electron chi connectivity index (χ0n) is 20.7. The molecule has 3 aliphatic rings. The highest BCUT2D eigenvalue weighted by atomic mass is 19.4. The first-order valence-corrected chi connectivity index (χ1v) is 13.0. The fourth-order valence-electron chi connectivity index (χ4n) is 6.30. The molecule has 3 nitrogen and oxygen atoms in total. The van der Waals surface area contributed by atoms with Crippen molar-refractivity contribution in [1.82, 2.24) is 4.90 Å². The number of rotatable bonds is 6. The lowest BCUT2D eigenvalue weighted by atomic mass is 9.79. The Bertz CT molecular complexity index is 1040. The Hall–Kier alpha value is -2.05. The van der Waals surface area contributed by atoms with Crippen molar-refractivity contribution in [1.29, 1.82) is 0 Å². The molecule has 1 saturated heterocycles. The van der Waals surface area contributed by atoms with Gasteiger partial charge in [0.15, 0.2) is 0 Å². The lowest BCUT2D eigenvalue weighted by molar-refractivity contribution is -0.138. The molecule has 2 aliphatic heterocycles. The highest BCUT2D eigenvalue weighted by molar-refractivity contribution is 5.41. The number of benzene rings is 2. The van der Waals surface area contributed by atoms with Crippen LogP contribution in [0.15, 0.2) is 36.4 Å². The van der Waals surface area contributed by atoms with Gasteiger partial charge in [-0.3, -0.25) is 4.90 Å². The fourth-order valence-corrected chi connectivity index (χ4v) is 6.30. The van der Waals surface area contributed by atoms with E-state index >= 15 is 0 Å². The number of alkyl halides is 3. The molecule has 0 radical (unpaired) electrons. The monoisotopic (exact) mass is 487 g/mol. The molecule has 2 fully saturated rings. The van der Waals surface area contributed by atoms with Gasteiger partial charge >= 0.3 is 6.18 Å². The van der Waals surface area contributed by atoms with Crippen LogP contribution >= 0.6 is 0 Å². The van der Waals surface area contributed by atoms with Gasteiger partial charge in [0.05, 0.1) is 18.3 Å². The molecule has 3 atom stereocenters. The normalized spacial score (nSPS) is 23.4. The van der Waals surface area contributed by atoms with Crippen molar-refractivity contribution in [3.63, 3.8) is 0 Å². The molecule has 35 heavy (non-hydrogen) atoms. The average molecular weight is 488 g/mol. The number of aliphatic hydroxyl groups excluding tert-OH is 1. The summed E-state index contributed by atoms with van der Waals surface area (Å²) in [6.07, 6.45) is 0.648. The zero-order valence-corrected chi connectivity index (χ0v) is 20.7. The van der Waals surface area contributed by atoms with Crippen LogP contribution in [0.1, 0.15) is 66.3 Å². The summed E-state index contributed by atoms with van der Waals surface area (Å²) in [4.78, 5) is 2.17. The molecular weight excluding hydrogens is 451 g/mol. The largest absolute Gasteiger partial charge is 0.493 e. The number of hydrogen-bond donors (Lipinski definition) is 1. The molecule has 0 aromatic heterocycles. The second-order valence-electron chi connectivity index (χ2n) is 11.0. The molecule has 2 aromatic rings. The number of ether oxygens (including phenoxy) is 1. The maximum Gasteiger partial charge on any atom is 0.416 e. The van der Waals surface area contributed by atoms with E-state index in [0.29, 0.717) is 36.5 Å². The third-order valence-corrected chi connectivity index (χ3v) is 8.31. The van der Waals surface area contributed by atoms with Gasteiger partial charge in [0, 0.05) is 18.4 Å².